The Labute approximate surface area is 113 Å². The number of hydrogen-bond acceptors (Lipinski definition) is 3. The molecule has 1 aromatic carbocycles. The van der Waals surface area contributed by atoms with Crippen molar-refractivity contribution in [1.82, 2.24) is 4.72 Å². The highest BCUT2D eigenvalue weighted by Gasteiger charge is 2.20. The lowest BCUT2D eigenvalue weighted by atomic mass is 10.1. The van der Waals surface area contributed by atoms with Gasteiger partial charge in [-0.15, -0.1) is 11.6 Å². The summed E-state index contributed by atoms with van der Waals surface area (Å²) in [6, 6.07) is 8.37. The minimum absolute atomic E-state index is 0.0418. The summed E-state index contributed by atoms with van der Waals surface area (Å²) in [5, 5.41) is 9.28. The molecule has 1 rings (SSSR count). The molecule has 0 spiro atoms. The van der Waals surface area contributed by atoms with E-state index in [0.717, 1.165) is 5.56 Å². The number of alkyl halides is 1. The van der Waals surface area contributed by atoms with Crippen LogP contribution in [0.2, 0.25) is 0 Å². The molecule has 6 heteroatoms. The van der Waals surface area contributed by atoms with Gasteiger partial charge in [-0.25, -0.2) is 13.1 Å². The first-order valence-electron chi connectivity index (χ1n) is 5.70. The number of halogens is 1. The van der Waals surface area contributed by atoms with E-state index in [1.807, 2.05) is 6.07 Å². The molecule has 0 aliphatic heterocycles. The number of nitrogens with one attached hydrogen (secondary N) is 1. The molecule has 0 aromatic heterocycles. The van der Waals surface area contributed by atoms with Crippen LogP contribution in [0.4, 0.5) is 0 Å². The van der Waals surface area contributed by atoms with Gasteiger partial charge in [0.1, 0.15) is 0 Å². The van der Waals surface area contributed by atoms with Crippen LogP contribution >= 0.6 is 11.6 Å². The zero-order chi connectivity index (χ0) is 13.6. The summed E-state index contributed by atoms with van der Waals surface area (Å²) < 4.78 is 26.2. The normalized spacial score (nSPS) is 15.3. The Hall–Kier alpha value is -0.620. The van der Waals surface area contributed by atoms with Crippen LogP contribution in [0.15, 0.2) is 30.3 Å². The van der Waals surface area contributed by atoms with Crippen molar-refractivity contribution in [3.05, 3.63) is 35.9 Å². The molecule has 4 nitrogen and oxygen atoms in total. The van der Waals surface area contributed by atoms with Crippen molar-refractivity contribution in [2.24, 2.45) is 5.92 Å². The summed E-state index contributed by atoms with van der Waals surface area (Å²) in [5.41, 5.74) is 0.738. The number of aliphatic hydroxyl groups is 1. The van der Waals surface area contributed by atoms with E-state index in [1.54, 1.807) is 31.2 Å². The molecule has 0 saturated carbocycles. The first-order chi connectivity index (χ1) is 8.48. The molecule has 0 saturated heterocycles. The smallest absolute Gasteiger partial charge is 0.212 e. The Balaban J connectivity index is 2.75. The van der Waals surface area contributed by atoms with Crippen molar-refractivity contribution in [3.8, 4) is 0 Å². The van der Waals surface area contributed by atoms with Crippen molar-refractivity contribution in [1.29, 1.82) is 0 Å². The maximum Gasteiger partial charge on any atom is 0.212 e. The summed E-state index contributed by atoms with van der Waals surface area (Å²) in [4.78, 5) is 0. The fraction of sp³-hybridized carbons (Fsp3) is 0.500. The summed E-state index contributed by atoms with van der Waals surface area (Å²) >= 11 is 5.60. The standard InChI is InChI=1S/C12H18ClNO3S/c1-10(7-13)9-18(16,17)14-12(8-15)11-5-3-2-4-6-11/h2-6,10,12,14-15H,7-9H2,1H3/t10?,12-/m0/s1. The first-order valence-corrected chi connectivity index (χ1v) is 7.89. The van der Waals surface area contributed by atoms with Crippen LogP contribution in [0.3, 0.4) is 0 Å². The second-order valence-corrected chi connectivity index (χ2v) is 6.41. The van der Waals surface area contributed by atoms with E-state index in [-0.39, 0.29) is 24.2 Å². The lowest BCUT2D eigenvalue weighted by Crippen LogP contribution is -2.34. The molecule has 0 radical (unpaired) electrons. The van der Waals surface area contributed by atoms with Gasteiger partial charge in [0.25, 0.3) is 0 Å². The van der Waals surface area contributed by atoms with E-state index in [9.17, 15) is 13.5 Å². The SMILES string of the molecule is CC(CCl)CS(=O)(=O)N[C@@H](CO)c1ccccc1. The number of rotatable bonds is 7. The van der Waals surface area contributed by atoms with Crippen LogP contribution in [0.5, 0.6) is 0 Å². The molecule has 2 atom stereocenters. The Kier molecular flexibility index (Phi) is 6.08. The maximum absolute atomic E-state index is 11.9. The van der Waals surface area contributed by atoms with Crippen LogP contribution < -0.4 is 4.72 Å². The van der Waals surface area contributed by atoms with Crippen molar-refractivity contribution in [3.63, 3.8) is 0 Å². The van der Waals surface area contributed by atoms with Gasteiger partial charge < -0.3 is 5.11 Å². The van der Waals surface area contributed by atoms with Crippen molar-refractivity contribution in [2.75, 3.05) is 18.2 Å². The summed E-state index contributed by atoms with van der Waals surface area (Å²) in [5.74, 6) is 0.120. The third-order valence-corrected chi connectivity index (χ3v) is 4.65. The predicted molar refractivity (Wildman–Crippen MR) is 73.1 cm³/mol. The molecule has 1 unspecified atom stereocenters. The molecule has 102 valence electrons. The van der Waals surface area contributed by atoms with Gasteiger partial charge in [0.2, 0.25) is 10.0 Å². The Bertz CT molecular complexity index is 450. The second-order valence-electron chi connectivity index (χ2n) is 4.30. The number of sulfonamides is 1. The maximum atomic E-state index is 11.9. The topological polar surface area (TPSA) is 66.4 Å². The van der Waals surface area contributed by atoms with Crippen molar-refractivity contribution in [2.45, 2.75) is 13.0 Å². The fourth-order valence-electron chi connectivity index (χ4n) is 1.58. The molecule has 1 aromatic rings. The summed E-state index contributed by atoms with van der Waals surface area (Å²) in [7, 11) is -3.45. The fourth-order valence-corrected chi connectivity index (χ4v) is 3.43. The van der Waals surface area contributed by atoms with Crippen LogP contribution in [-0.4, -0.2) is 31.8 Å². The van der Waals surface area contributed by atoms with E-state index in [0.29, 0.717) is 0 Å². The quantitative estimate of drug-likeness (QED) is 0.749. The van der Waals surface area contributed by atoms with Crippen molar-refractivity contribution < 1.29 is 13.5 Å². The second kappa shape index (κ2) is 7.09. The van der Waals surface area contributed by atoms with Crippen molar-refractivity contribution >= 4 is 21.6 Å². The third-order valence-electron chi connectivity index (χ3n) is 2.47. The number of benzene rings is 1. The third kappa shape index (κ3) is 4.94. The van der Waals surface area contributed by atoms with Gasteiger partial charge in [0, 0.05) is 5.88 Å². The van der Waals surface area contributed by atoms with E-state index in [1.165, 1.54) is 0 Å². The Morgan fingerprint density at radius 1 is 1.33 bits per heavy atom. The monoisotopic (exact) mass is 291 g/mol. The average molecular weight is 292 g/mol. The van der Waals surface area contributed by atoms with E-state index in [2.05, 4.69) is 4.72 Å². The van der Waals surface area contributed by atoms with Gasteiger partial charge in [-0.3, -0.25) is 0 Å². The highest BCUT2D eigenvalue weighted by Crippen LogP contribution is 2.14. The number of aliphatic hydroxyl groups excluding tert-OH is 1. The Morgan fingerprint density at radius 3 is 2.44 bits per heavy atom. The van der Waals surface area contributed by atoms with Gasteiger partial charge in [-0.05, 0) is 11.5 Å². The number of hydrogen-bond donors (Lipinski definition) is 2. The molecular formula is C12H18ClNO3S. The summed E-state index contributed by atoms with van der Waals surface area (Å²) in [6.45, 7) is 1.49. The van der Waals surface area contributed by atoms with E-state index in [4.69, 9.17) is 11.6 Å². The first kappa shape index (κ1) is 15.4. The van der Waals surface area contributed by atoms with Crippen LogP contribution in [0, 0.1) is 5.92 Å². The van der Waals surface area contributed by atoms with Gasteiger partial charge in [0.15, 0.2) is 0 Å². The predicted octanol–water partition coefficient (Wildman–Crippen LogP) is 1.51. The van der Waals surface area contributed by atoms with E-state index >= 15 is 0 Å². The highest BCUT2D eigenvalue weighted by molar-refractivity contribution is 7.89. The molecule has 0 aliphatic rings. The van der Waals surface area contributed by atoms with E-state index < -0.39 is 16.1 Å². The zero-order valence-electron chi connectivity index (χ0n) is 10.2. The lowest BCUT2D eigenvalue weighted by Gasteiger charge is -2.18. The van der Waals surface area contributed by atoms with Crippen LogP contribution in [0.25, 0.3) is 0 Å². The molecule has 0 amide bonds. The van der Waals surface area contributed by atoms with Gasteiger partial charge in [-0.1, -0.05) is 37.3 Å². The lowest BCUT2D eigenvalue weighted by molar-refractivity contribution is 0.258. The average Bonchev–Trinajstić information content (AvgIpc) is 2.36. The highest BCUT2D eigenvalue weighted by atomic mass is 35.5. The molecule has 0 aliphatic carbocycles. The van der Waals surface area contributed by atoms with Crippen LogP contribution in [0.1, 0.15) is 18.5 Å². The minimum Gasteiger partial charge on any atom is -0.394 e. The minimum atomic E-state index is -3.45. The summed E-state index contributed by atoms with van der Waals surface area (Å²) in [6.07, 6.45) is 0. The molecular weight excluding hydrogens is 274 g/mol. The van der Waals surface area contributed by atoms with Gasteiger partial charge in [-0.2, -0.15) is 0 Å². The van der Waals surface area contributed by atoms with Gasteiger partial charge in [0.05, 0.1) is 18.4 Å². The van der Waals surface area contributed by atoms with Crippen LogP contribution in [-0.2, 0) is 10.0 Å². The largest absolute Gasteiger partial charge is 0.394 e. The Morgan fingerprint density at radius 2 is 1.94 bits per heavy atom. The zero-order valence-corrected chi connectivity index (χ0v) is 11.8. The molecule has 2 N–H and O–H groups in total. The molecule has 0 fully saturated rings. The molecule has 18 heavy (non-hydrogen) atoms. The molecule has 0 bridgehead atoms. The van der Waals surface area contributed by atoms with Gasteiger partial charge >= 0.3 is 0 Å². The molecule has 0 heterocycles.